The molecule has 0 atom stereocenters. The van der Waals surface area contributed by atoms with E-state index in [1.54, 1.807) is 0 Å². The third kappa shape index (κ3) is 4.97. The van der Waals surface area contributed by atoms with E-state index < -0.39 is 18.1 Å². The lowest BCUT2D eigenvalue weighted by Gasteiger charge is -2.22. The van der Waals surface area contributed by atoms with Crippen molar-refractivity contribution in [1.82, 2.24) is 9.97 Å². The molecule has 1 aliphatic rings. The van der Waals surface area contributed by atoms with Crippen LogP contribution in [0.25, 0.3) is 89.2 Å². The highest BCUT2D eigenvalue weighted by Crippen LogP contribution is 2.49. The van der Waals surface area contributed by atoms with E-state index in [1.807, 2.05) is 84.9 Å². The number of benzene rings is 7. The van der Waals surface area contributed by atoms with Crippen molar-refractivity contribution < 1.29 is 14.0 Å². The Labute approximate surface area is 312 Å². The van der Waals surface area contributed by atoms with Crippen molar-refractivity contribution >= 4 is 21.9 Å². The number of furan rings is 1. The molecule has 0 saturated heterocycles. The summed E-state index contributed by atoms with van der Waals surface area (Å²) in [6.45, 7) is 4.50. The molecule has 52 heavy (non-hydrogen) atoms. The molecule has 0 radical (unpaired) electrons. The molecule has 3 nitrogen and oxygen atoms in total. The molecule has 2 aromatic heterocycles. The first-order valence-electron chi connectivity index (χ1n) is 20.7. The molecule has 0 saturated carbocycles. The van der Waals surface area contributed by atoms with Crippen molar-refractivity contribution in [3.63, 3.8) is 0 Å². The topological polar surface area (TPSA) is 38.9 Å². The standard InChI is InChI=1S/C49H34N2O/c1-49(2)42-19-11-9-17-38(42)39-23-21-34(29-43(39)49)44-30-45(51-48(50-44)32-15-7-4-8-16-32)37-26-35(31-13-5-3-6-14-31)25-36(27-37)33-22-24-47-41(28-33)40-18-10-12-20-46(40)52-47/h3-30H,1-2H3/i10D,12D,18D,20D,22D,24D,28D. The van der Waals surface area contributed by atoms with Gasteiger partial charge in [-0.25, -0.2) is 9.97 Å². The molecule has 0 N–H and O–H groups in total. The van der Waals surface area contributed by atoms with Crippen LogP contribution in [0.1, 0.15) is 34.6 Å². The maximum atomic E-state index is 9.55. The fourth-order valence-electron chi connectivity index (χ4n) is 7.49. The average molecular weight is 674 g/mol. The van der Waals surface area contributed by atoms with Crippen LogP contribution >= 0.6 is 0 Å². The van der Waals surface area contributed by atoms with Gasteiger partial charge < -0.3 is 4.42 Å². The summed E-state index contributed by atoms with van der Waals surface area (Å²) < 4.78 is 67.5. The number of aromatic nitrogens is 2. The molecular weight excluding hydrogens is 633 g/mol. The molecule has 10 rings (SSSR count). The predicted molar refractivity (Wildman–Crippen MR) is 214 cm³/mol. The number of fused-ring (bicyclic) bond motifs is 6. The maximum absolute atomic E-state index is 9.55. The van der Waals surface area contributed by atoms with Gasteiger partial charge in [0.1, 0.15) is 11.2 Å². The van der Waals surface area contributed by atoms with E-state index >= 15 is 0 Å². The monoisotopic (exact) mass is 673 g/mol. The van der Waals surface area contributed by atoms with E-state index in [0.717, 1.165) is 27.9 Å². The van der Waals surface area contributed by atoms with Crippen LogP contribution in [0, 0.1) is 0 Å². The average Bonchev–Trinajstić information content (AvgIpc) is 3.78. The van der Waals surface area contributed by atoms with Gasteiger partial charge in [0.05, 0.1) is 21.0 Å². The molecular formula is C49H34N2O. The first-order chi connectivity index (χ1) is 28.4. The van der Waals surface area contributed by atoms with E-state index in [-0.39, 0.29) is 57.1 Å². The van der Waals surface area contributed by atoms with Crippen molar-refractivity contribution in [2.45, 2.75) is 19.3 Å². The number of hydrogen-bond donors (Lipinski definition) is 0. The minimum absolute atomic E-state index is 0.0127. The van der Waals surface area contributed by atoms with Crippen LogP contribution in [0.15, 0.2) is 174 Å². The SMILES string of the molecule is [2H]c1c([2H])c([2H])c2c(oc3c([2H])c([2H])c(-c4cc(-c5ccccc5)cc(-c5cc(-c6ccc7c(c6)C(C)(C)c6ccccc6-7)nc(-c6ccccc6)n5)c4)c([2H])c32)c1[2H]. The van der Waals surface area contributed by atoms with Gasteiger partial charge in [-0.3, -0.25) is 0 Å². The second-order valence-electron chi connectivity index (χ2n) is 13.7. The van der Waals surface area contributed by atoms with Gasteiger partial charge in [0.15, 0.2) is 5.82 Å². The normalized spacial score (nSPS) is 14.8. The summed E-state index contributed by atoms with van der Waals surface area (Å²) in [5.74, 6) is 0.532. The number of para-hydroxylation sites is 1. The minimum atomic E-state index is -0.473. The summed E-state index contributed by atoms with van der Waals surface area (Å²) in [5, 5.41) is 0.0748. The smallest absolute Gasteiger partial charge is 0.160 e. The molecule has 1 aliphatic carbocycles. The molecule has 0 unspecified atom stereocenters. The van der Waals surface area contributed by atoms with Crippen LogP contribution in [-0.4, -0.2) is 9.97 Å². The highest BCUT2D eigenvalue weighted by Gasteiger charge is 2.35. The lowest BCUT2D eigenvalue weighted by Crippen LogP contribution is -2.14. The minimum Gasteiger partial charge on any atom is -0.456 e. The third-order valence-corrected chi connectivity index (χ3v) is 10.1. The van der Waals surface area contributed by atoms with Crippen molar-refractivity contribution in [2.24, 2.45) is 0 Å². The Morgan fingerprint density at radius 3 is 1.92 bits per heavy atom. The van der Waals surface area contributed by atoms with E-state index in [0.29, 0.717) is 22.6 Å². The zero-order valence-electron chi connectivity index (χ0n) is 35.4. The Morgan fingerprint density at radius 2 is 1.12 bits per heavy atom. The number of hydrogen-bond acceptors (Lipinski definition) is 3. The Hall–Kier alpha value is -6.58. The van der Waals surface area contributed by atoms with Crippen LogP contribution in [-0.2, 0) is 5.41 Å². The van der Waals surface area contributed by atoms with Crippen molar-refractivity contribution in [2.75, 3.05) is 0 Å². The lowest BCUT2D eigenvalue weighted by atomic mass is 9.82. The fraction of sp³-hybridized carbons (Fsp3) is 0.0612. The molecule has 0 fully saturated rings. The van der Waals surface area contributed by atoms with Crippen molar-refractivity contribution in [1.29, 1.82) is 0 Å². The van der Waals surface area contributed by atoms with Crippen molar-refractivity contribution in [3.8, 4) is 67.3 Å². The van der Waals surface area contributed by atoms with Gasteiger partial charge in [-0.2, -0.15) is 0 Å². The summed E-state index contributed by atoms with van der Waals surface area (Å²) in [6, 6.07) is 39.9. The van der Waals surface area contributed by atoms with Gasteiger partial charge in [0.25, 0.3) is 0 Å². The van der Waals surface area contributed by atoms with Crippen LogP contribution in [0.5, 0.6) is 0 Å². The van der Waals surface area contributed by atoms with Crippen LogP contribution in [0.3, 0.4) is 0 Å². The highest BCUT2D eigenvalue weighted by atomic mass is 16.3. The zero-order valence-corrected chi connectivity index (χ0v) is 28.4. The van der Waals surface area contributed by atoms with E-state index in [4.69, 9.17) is 21.2 Å². The molecule has 7 aromatic carbocycles. The van der Waals surface area contributed by atoms with E-state index in [9.17, 15) is 2.74 Å². The summed E-state index contributed by atoms with van der Waals surface area (Å²) in [7, 11) is 0. The van der Waals surface area contributed by atoms with Gasteiger partial charge in [-0.1, -0.05) is 135 Å². The van der Waals surface area contributed by atoms with Crippen molar-refractivity contribution in [3.05, 3.63) is 181 Å². The van der Waals surface area contributed by atoms with Crippen LogP contribution < -0.4 is 0 Å². The third-order valence-electron chi connectivity index (χ3n) is 10.1. The first kappa shape index (κ1) is 23.8. The van der Waals surface area contributed by atoms with Crippen LogP contribution in [0.4, 0.5) is 0 Å². The predicted octanol–water partition coefficient (Wildman–Crippen LogP) is 13.0. The summed E-state index contributed by atoms with van der Waals surface area (Å²) >= 11 is 0. The summed E-state index contributed by atoms with van der Waals surface area (Å²) in [6.07, 6.45) is 0. The molecule has 9 aromatic rings. The largest absolute Gasteiger partial charge is 0.456 e. The molecule has 2 heterocycles. The molecule has 0 spiro atoms. The first-order valence-corrected chi connectivity index (χ1v) is 17.2. The Kier molecular flexibility index (Phi) is 5.37. The second kappa shape index (κ2) is 11.8. The number of rotatable bonds is 5. The molecule has 3 heteroatoms. The Bertz CT molecular complexity index is 3210. The van der Waals surface area contributed by atoms with Crippen LogP contribution in [0.2, 0.25) is 0 Å². The summed E-state index contributed by atoms with van der Waals surface area (Å²) in [5.41, 5.74) is 10.6. The van der Waals surface area contributed by atoms with Gasteiger partial charge >= 0.3 is 0 Å². The zero-order chi connectivity index (χ0) is 40.9. The lowest BCUT2D eigenvalue weighted by molar-refractivity contribution is 0.660. The highest BCUT2D eigenvalue weighted by molar-refractivity contribution is 6.06. The van der Waals surface area contributed by atoms with Gasteiger partial charge in [-0.15, -0.1) is 0 Å². The second-order valence-corrected chi connectivity index (χ2v) is 13.7. The Balaban J connectivity index is 1.23. The van der Waals surface area contributed by atoms with E-state index in [2.05, 4.69) is 56.3 Å². The molecule has 246 valence electrons. The quantitative estimate of drug-likeness (QED) is 0.182. The summed E-state index contributed by atoms with van der Waals surface area (Å²) in [4.78, 5) is 10.3. The fourth-order valence-corrected chi connectivity index (χ4v) is 7.49. The maximum Gasteiger partial charge on any atom is 0.160 e. The van der Waals surface area contributed by atoms with Gasteiger partial charge in [0, 0.05) is 32.9 Å². The molecule has 0 bridgehead atoms. The van der Waals surface area contributed by atoms with E-state index in [1.165, 1.54) is 22.3 Å². The molecule has 0 aliphatic heterocycles. The Morgan fingerprint density at radius 1 is 0.481 bits per heavy atom. The van der Waals surface area contributed by atoms with Gasteiger partial charge in [-0.05, 0) is 93.0 Å². The van der Waals surface area contributed by atoms with Gasteiger partial charge in [0.2, 0.25) is 0 Å². The molecule has 0 amide bonds. The number of nitrogens with zero attached hydrogens (tertiary/aromatic N) is 2.